The van der Waals surface area contributed by atoms with E-state index in [1.54, 1.807) is 13.0 Å². The van der Waals surface area contributed by atoms with E-state index in [1.807, 2.05) is 0 Å². The molecule has 0 bridgehead atoms. The van der Waals surface area contributed by atoms with Crippen LogP contribution in [0, 0.1) is 12.7 Å². The van der Waals surface area contributed by atoms with Crippen LogP contribution in [0.15, 0.2) is 29.1 Å². The number of aromatic amines is 1. The Hall–Kier alpha value is -3.56. The molecule has 0 atom stereocenters. The third-order valence-corrected chi connectivity index (χ3v) is 3.47. The number of aromatic carboxylic acids is 1. The van der Waals surface area contributed by atoms with Crippen molar-refractivity contribution >= 4 is 17.7 Å². The Kier molecular flexibility index (Phi) is 4.01. The summed E-state index contributed by atoms with van der Waals surface area (Å²) >= 11 is 0. The third-order valence-electron chi connectivity index (χ3n) is 3.47. The molecular weight excluding hydrogens is 333 g/mol. The quantitative estimate of drug-likeness (QED) is 0.631. The van der Waals surface area contributed by atoms with Crippen molar-refractivity contribution in [3.05, 3.63) is 63.1 Å². The lowest BCUT2D eigenvalue weighted by Crippen LogP contribution is -2.25. The number of fused-ring (bicyclic) bond motifs is 1. The summed E-state index contributed by atoms with van der Waals surface area (Å²) in [5.74, 6) is -2.59. The number of amides is 1. The maximum Gasteiger partial charge on any atom is 0.363 e. The highest BCUT2D eigenvalue weighted by atomic mass is 19.1. The van der Waals surface area contributed by atoms with Crippen molar-refractivity contribution in [3.8, 4) is 0 Å². The van der Waals surface area contributed by atoms with Crippen LogP contribution in [0.25, 0.3) is 5.78 Å². The van der Waals surface area contributed by atoms with Gasteiger partial charge in [-0.05, 0) is 24.1 Å². The van der Waals surface area contributed by atoms with Crippen LogP contribution in [0.1, 0.15) is 32.1 Å². The van der Waals surface area contributed by atoms with Gasteiger partial charge in [0.1, 0.15) is 11.5 Å². The first-order chi connectivity index (χ1) is 11.8. The standard InChI is InChI=1S/C15H12FN5O4/c1-7-4-8(2-3-9(7)16)6-17-12(22)10-5-11(13(23)24)21-14(18-10)19-15(25)20-21/h2-5H,6H2,1H3,(H,17,22)(H,20,25)(H,23,24). The Labute approximate surface area is 139 Å². The van der Waals surface area contributed by atoms with Crippen molar-refractivity contribution in [2.45, 2.75) is 13.5 Å². The fraction of sp³-hybridized carbons (Fsp3) is 0.133. The van der Waals surface area contributed by atoms with Gasteiger partial charge >= 0.3 is 11.7 Å². The molecule has 0 aliphatic heterocycles. The first-order valence-corrected chi connectivity index (χ1v) is 7.11. The molecular formula is C15H12FN5O4. The molecule has 0 spiro atoms. The number of carbonyl (C=O) groups excluding carboxylic acids is 1. The maximum absolute atomic E-state index is 13.2. The van der Waals surface area contributed by atoms with E-state index in [0.29, 0.717) is 11.1 Å². The molecule has 1 amide bonds. The number of carboxylic acid groups (broad SMARTS) is 1. The van der Waals surface area contributed by atoms with Gasteiger partial charge < -0.3 is 10.4 Å². The van der Waals surface area contributed by atoms with Gasteiger partial charge in [-0.1, -0.05) is 12.1 Å². The molecule has 0 aliphatic rings. The van der Waals surface area contributed by atoms with Gasteiger partial charge in [-0.15, -0.1) is 0 Å². The van der Waals surface area contributed by atoms with E-state index in [9.17, 15) is 23.9 Å². The van der Waals surface area contributed by atoms with E-state index in [-0.39, 0.29) is 29.5 Å². The summed E-state index contributed by atoms with van der Waals surface area (Å²) in [7, 11) is 0. The molecule has 1 aromatic carbocycles. The number of halogens is 1. The Balaban J connectivity index is 1.87. The fourth-order valence-corrected chi connectivity index (χ4v) is 2.25. The first kappa shape index (κ1) is 16.3. The number of aromatic nitrogens is 4. The van der Waals surface area contributed by atoms with E-state index >= 15 is 0 Å². The van der Waals surface area contributed by atoms with E-state index in [4.69, 9.17) is 0 Å². The van der Waals surface area contributed by atoms with Crippen molar-refractivity contribution in [2.24, 2.45) is 0 Å². The highest BCUT2D eigenvalue weighted by molar-refractivity contribution is 5.95. The van der Waals surface area contributed by atoms with Crippen molar-refractivity contribution in [2.75, 3.05) is 0 Å². The van der Waals surface area contributed by atoms with Crippen LogP contribution in [0.2, 0.25) is 0 Å². The van der Waals surface area contributed by atoms with Crippen LogP contribution >= 0.6 is 0 Å². The number of hydrogen-bond donors (Lipinski definition) is 3. The molecule has 128 valence electrons. The molecule has 10 heteroatoms. The second kappa shape index (κ2) is 6.15. The molecule has 0 radical (unpaired) electrons. The number of nitrogens with zero attached hydrogens (tertiary/aromatic N) is 3. The number of carboxylic acids is 1. The molecule has 3 rings (SSSR count). The smallest absolute Gasteiger partial charge is 0.363 e. The average molecular weight is 345 g/mol. The third kappa shape index (κ3) is 3.22. The van der Waals surface area contributed by atoms with Gasteiger partial charge in [0.2, 0.25) is 0 Å². The predicted molar refractivity (Wildman–Crippen MR) is 82.9 cm³/mol. The zero-order valence-electron chi connectivity index (χ0n) is 12.9. The monoisotopic (exact) mass is 345 g/mol. The minimum atomic E-state index is -1.36. The van der Waals surface area contributed by atoms with Crippen LogP contribution < -0.4 is 11.0 Å². The molecule has 0 aliphatic carbocycles. The summed E-state index contributed by atoms with van der Waals surface area (Å²) < 4.78 is 14.1. The highest BCUT2D eigenvalue weighted by Gasteiger charge is 2.18. The largest absolute Gasteiger partial charge is 0.477 e. The van der Waals surface area contributed by atoms with Gasteiger partial charge in [-0.25, -0.2) is 28.6 Å². The van der Waals surface area contributed by atoms with Crippen LogP contribution in [0.4, 0.5) is 4.39 Å². The normalized spacial score (nSPS) is 10.8. The zero-order chi connectivity index (χ0) is 18.1. The maximum atomic E-state index is 13.2. The van der Waals surface area contributed by atoms with Crippen molar-refractivity contribution < 1.29 is 19.1 Å². The molecule has 2 aromatic heterocycles. The molecule has 3 N–H and O–H groups in total. The Morgan fingerprint density at radius 1 is 1.32 bits per heavy atom. The van der Waals surface area contributed by atoms with Gasteiger partial charge in [-0.2, -0.15) is 4.98 Å². The summed E-state index contributed by atoms with van der Waals surface area (Å²) in [5.41, 5.74) is -0.238. The predicted octanol–water partition coefficient (Wildman–Crippen LogP) is 0.493. The molecule has 25 heavy (non-hydrogen) atoms. The highest BCUT2D eigenvalue weighted by Crippen LogP contribution is 2.10. The topological polar surface area (TPSA) is 129 Å². The van der Waals surface area contributed by atoms with Crippen LogP contribution in [0.5, 0.6) is 0 Å². The summed E-state index contributed by atoms with van der Waals surface area (Å²) in [5, 5.41) is 13.9. The van der Waals surface area contributed by atoms with E-state index < -0.39 is 17.6 Å². The average Bonchev–Trinajstić information content (AvgIpc) is 2.94. The molecule has 0 unspecified atom stereocenters. The number of hydrogen-bond acceptors (Lipinski definition) is 5. The number of rotatable bonds is 4. The second-order valence-electron chi connectivity index (χ2n) is 5.26. The number of aryl methyl sites for hydroxylation is 1. The summed E-state index contributed by atoms with van der Waals surface area (Å²) in [6.07, 6.45) is 0. The molecule has 9 nitrogen and oxygen atoms in total. The summed E-state index contributed by atoms with van der Waals surface area (Å²) in [4.78, 5) is 42.1. The Morgan fingerprint density at radius 3 is 2.76 bits per heavy atom. The van der Waals surface area contributed by atoms with Gasteiger partial charge in [0.05, 0.1) is 0 Å². The molecule has 0 saturated heterocycles. The molecule has 2 heterocycles. The minimum absolute atomic E-state index is 0.0998. The van der Waals surface area contributed by atoms with Gasteiger partial charge in [0, 0.05) is 12.6 Å². The van der Waals surface area contributed by atoms with Gasteiger partial charge in [0.15, 0.2) is 5.69 Å². The summed E-state index contributed by atoms with van der Waals surface area (Å²) in [6.45, 7) is 1.70. The van der Waals surface area contributed by atoms with Crippen LogP contribution in [-0.4, -0.2) is 36.6 Å². The lowest BCUT2D eigenvalue weighted by molar-refractivity contribution is 0.0687. The number of nitrogens with one attached hydrogen (secondary N) is 2. The SMILES string of the molecule is Cc1cc(CNC(=O)c2cc(C(=O)O)n3[nH]c(=O)nc3n2)ccc1F. The molecule has 3 aromatic rings. The van der Waals surface area contributed by atoms with Gasteiger partial charge in [0.25, 0.3) is 11.7 Å². The van der Waals surface area contributed by atoms with Crippen molar-refractivity contribution in [3.63, 3.8) is 0 Å². The summed E-state index contributed by atoms with van der Waals surface area (Å²) in [6, 6.07) is 5.43. The van der Waals surface area contributed by atoms with Crippen molar-refractivity contribution in [1.29, 1.82) is 0 Å². The first-order valence-electron chi connectivity index (χ1n) is 7.11. The minimum Gasteiger partial charge on any atom is -0.477 e. The Bertz CT molecular complexity index is 1060. The van der Waals surface area contributed by atoms with Gasteiger partial charge in [-0.3, -0.25) is 4.79 Å². The zero-order valence-corrected chi connectivity index (χ0v) is 12.9. The molecule has 0 saturated carbocycles. The lowest BCUT2D eigenvalue weighted by atomic mass is 10.1. The van der Waals surface area contributed by atoms with Crippen LogP contribution in [0.3, 0.4) is 0 Å². The number of benzene rings is 1. The molecule has 0 fully saturated rings. The van der Waals surface area contributed by atoms with Crippen molar-refractivity contribution in [1.82, 2.24) is 24.9 Å². The number of carbonyl (C=O) groups is 2. The Morgan fingerprint density at radius 2 is 2.08 bits per heavy atom. The second-order valence-corrected chi connectivity index (χ2v) is 5.26. The van der Waals surface area contributed by atoms with Crippen LogP contribution in [-0.2, 0) is 6.54 Å². The lowest BCUT2D eigenvalue weighted by Gasteiger charge is -2.07. The van der Waals surface area contributed by atoms with E-state index in [2.05, 4.69) is 20.4 Å². The van der Waals surface area contributed by atoms with E-state index in [1.165, 1.54) is 12.1 Å². The number of H-pyrrole nitrogens is 1. The fourth-order valence-electron chi connectivity index (χ4n) is 2.25. The van der Waals surface area contributed by atoms with E-state index in [0.717, 1.165) is 10.6 Å².